The van der Waals surface area contributed by atoms with Gasteiger partial charge in [0.25, 0.3) is 17.1 Å². The van der Waals surface area contributed by atoms with Crippen molar-refractivity contribution in [1.29, 1.82) is 0 Å². The van der Waals surface area contributed by atoms with Crippen LogP contribution in [0.1, 0.15) is 11.1 Å². The number of imide groups is 1. The van der Waals surface area contributed by atoms with E-state index >= 15 is 0 Å². The molecule has 1 heterocycles. The van der Waals surface area contributed by atoms with Gasteiger partial charge in [0.1, 0.15) is 12.3 Å². The number of amides is 4. The average Bonchev–Trinajstić information content (AvgIpc) is 2.95. The fourth-order valence-electron chi connectivity index (χ4n) is 2.62. The second-order valence-corrected chi connectivity index (χ2v) is 7.50. The van der Waals surface area contributed by atoms with Crippen molar-refractivity contribution in [3.63, 3.8) is 0 Å². The van der Waals surface area contributed by atoms with E-state index in [1.165, 1.54) is 6.08 Å². The summed E-state index contributed by atoms with van der Waals surface area (Å²) in [7, 11) is 0. The van der Waals surface area contributed by atoms with Crippen molar-refractivity contribution in [2.75, 3.05) is 18.5 Å². The maximum Gasteiger partial charge on any atom is 0.294 e. The molecular formula is C21H19N3O5S. The molecule has 1 aliphatic heterocycles. The van der Waals surface area contributed by atoms with Crippen LogP contribution in [0.4, 0.5) is 10.5 Å². The number of hydrogen-bond acceptors (Lipinski definition) is 6. The maximum atomic E-state index is 12.3. The third-order valence-corrected chi connectivity index (χ3v) is 4.96. The number of carbonyl (C=O) groups is 4. The Bertz CT molecular complexity index is 1030. The number of nitrogens with one attached hydrogen (secondary N) is 1. The zero-order valence-electron chi connectivity index (χ0n) is 16.1. The van der Waals surface area contributed by atoms with Gasteiger partial charge in [-0.25, -0.2) is 0 Å². The SMILES string of the molecule is Cc1ccc(NC(=O)COc2cccc(/C=C3\SC(=O)N(CC(N)=O)C3=O)c2)cc1. The quantitative estimate of drug-likeness (QED) is 0.658. The molecule has 0 aliphatic carbocycles. The molecule has 3 rings (SSSR count). The number of rotatable bonds is 7. The molecule has 3 N–H and O–H groups in total. The highest BCUT2D eigenvalue weighted by Gasteiger charge is 2.35. The number of carbonyl (C=O) groups excluding carboxylic acids is 4. The molecule has 154 valence electrons. The van der Waals surface area contributed by atoms with Crippen LogP contribution in [0.5, 0.6) is 5.75 Å². The number of hydrogen-bond donors (Lipinski definition) is 2. The summed E-state index contributed by atoms with van der Waals surface area (Å²) in [5.74, 6) is -1.22. The number of benzene rings is 2. The van der Waals surface area contributed by atoms with Gasteiger partial charge >= 0.3 is 0 Å². The lowest BCUT2D eigenvalue weighted by molar-refractivity contribution is -0.127. The first-order valence-corrected chi connectivity index (χ1v) is 9.76. The van der Waals surface area contributed by atoms with Gasteiger partial charge in [0.2, 0.25) is 5.91 Å². The predicted octanol–water partition coefficient (Wildman–Crippen LogP) is 2.53. The molecule has 2 aromatic carbocycles. The topological polar surface area (TPSA) is 119 Å². The van der Waals surface area contributed by atoms with Crippen LogP contribution < -0.4 is 15.8 Å². The third kappa shape index (κ3) is 5.48. The van der Waals surface area contributed by atoms with Gasteiger partial charge in [-0.2, -0.15) is 0 Å². The molecule has 9 heteroatoms. The summed E-state index contributed by atoms with van der Waals surface area (Å²) in [4.78, 5) is 48.2. The molecule has 0 atom stereocenters. The molecule has 0 unspecified atom stereocenters. The zero-order chi connectivity index (χ0) is 21.7. The lowest BCUT2D eigenvalue weighted by Crippen LogP contribution is -2.36. The maximum absolute atomic E-state index is 12.3. The van der Waals surface area contributed by atoms with Gasteiger partial charge in [-0.1, -0.05) is 29.8 Å². The van der Waals surface area contributed by atoms with Crippen LogP contribution in [0, 0.1) is 6.92 Å². The first-order chi connectivity index (χ1) is 14.3. The third-order valence-electron chi connectivity index (χ3n) is 4.05. The van der Waals surface area contributed by atoms with Gasteiger partial charge in [0, 0.05) is 5.69 Å². The average molecular weight is 425 g/mol. The number of thioether (sulfide) groups is 1. The van der Waals surface area contributed by atoms with E-state index < -0.39 is 23.6 Å². The minimum Gasteiger partial charge on any atom is -0.484 e. The first-order valence-electron chi connectivity index (χ1n) is 8.95. The van der Waals surface area contributed by atoms with Crippen molar-refractivity contribution in [1.82, 2.24) is 4.90 Å². The van der Waals surface area contributed by atoms with Crippen molar-refractivity contribution in [2.45, 2.75) is 6.92 Å². The minimum atomic E-state index is -0.766. The van der Waals surface area contributed by atoms with E-state index in [9.17, 15) is 19.2 Å². The Kier molecular flexibility index (Phi) is 6.53. The Morgan fingerprint density at radius 2 is 1.90 bits per heavy atom. The summed E-state index contributed by atoms with van der Waals surface area (Å²) in [6.45, 7) is 1.31. The summed E-state index contributed by atoms with van der Waals surface area (Å²) in [6.07, 6.45) is 1.52. The van der Waals surface area contributed by atoms with E-state index in [-0.39, 0.29) is 17.4 Å². The predicted molar refractivity (Wildman–Crippen MR) is 114 cm³/mol. The van der Waals surface area contributed by atoms with Crippen LogP contribution in [0.25, 0.3) is 6.08 Å². The molecule has 1 saturated heterocycles. The second-order valence-electron chi connectivity index (χ2n) is 6.51. The fraction of sp³-hybridized carbons (Fsp3) is 0.143. The van der Waals surface area contributed by atoms with Gasteiger partial charge in [-0.3, -0.25) is 24.1 Å². The number of aryl methyl sites for hydroxylation is 1. The highest BCUT2D eigenvalue weighted by molar-refractivity contribution is 8.18. The molecule has 0 radical (unpaired) electrons. The van der Waals surface area contributed by atoms with Crippen LogP contribution in [-0.2, 0) is 14.4 Å². The van der Waals surface area contributed by atoms with Gasteiger partial charge in [-0.05, 0) is 54.6 Å². The Hall–Kier alpha value is -3.59. The van der Waals surface area contributed by atoms with Crippen molar-refractivity contribution in [3.8, 4) is 5.75 Å². The van der Waals surface area contributed by atoms with E-state index in [0.29, 0.717) is 17.0 Å². The highest BCUT2D eigenvalue weighted by Crippen LogP contribution is 2.32. The lowest BCUT2D eigenvalue weighted by Gasteiger charge is -2.09. The fourth-order valence-corrected chi connectivity index (χ4v) is 3.46. The Balaban J connectivity index is 1.62. The minimum absolute atomic E-state index is 0.176. The van der Waals surface area contributed by atoms with Crippen molar-refractivity contribution in [3.05, 3.63) is 64.6 Å². The molecule has 8 nitrogen and oxygen atoms in total. The number of nitrogens with zero attached hydrogens (tertiary/aromatic N) is 1. The molecule has 1 fully saturated rings. The van der Waals surface area contributed by atoms with E-state index in [1.807, 2.05) is 19.1 Å². The first kappa shape index (κ1) is 21.1. The van der Waals surface area contributed by atoms with Crippen LogP contribution in [0.2, 0.25) is 0 Å². The number of anilines is 1. The molecule has 0 spiro atoms. The monoisotopic (exact) mass is 425 g/mol. The molecule has 30 heavy (non-hydrogen) atoms. The smallest absolute Gasteiger partial charge is 0.294 e. The largest absolute Gasteiger partial charge is 0.484 e. The Morgan fingerprint density at radius 1 is 1.17 bits per heavy atom. The molecule has 1 aliphatic rings. The van der Waals surface area contributed by atoms with Crippen LogP contribution >= 0.6 is 11.8 Å². The van der Waals surface area contributed by atoms with E-state index in [0.717, 1.165) is 22.2 Å². The summed E-state index contributed by atoms with van der Waals surface area (Å²) in [5.41, 5.74) is 7.44. The van der Waals surface area contributed by atoms with Crippen molar-refractivity contribution >= 4 is 46.5 Å². The molecule has 0 aromatic heterocycles. The zero-order valence-corrected chi connectivity index (χ0v) is 16.9. The van der Waals surface area contributed by atoms with Crippen molar-refractivity contribution in [2.24, 2.45) is 5.73 Å². The summed E-state index contributed by atoms with van der Waals surface area (Å²) < 4.78 is 5.52. The molecule has 0 bridgehead atoms. The molecule has 2 aromatic rings. The number of ether oxygens (including phenoxy) is 1. The lowest BCUT2D eigenvalue weighted by atomic mass is 10.2. The summed E-state index contributed by atoms with van der Waals surface area (Å²) in [6, 6.07) is 14.1. The molecule has 0 saturated carbocycles. The number of nitrogens with two attached hydrogens (primary N) is 1. The van der Waals surface area contributed by atoms with Crippen LogP contribution in [-0.4, -0.2) is 41.0 Å². The van der Waals surface area contributed by atoms with Gasteiger partial charge in [0.05, 0.1) is 4.91 Å². The van der Waals surface area contributed by atoms with E-state index in [1.54, 1.807) is 36.4 Å². The van der Waals surface area contributed by atoms with E-state index in [2.05, 4.69) is 5.32 Å². The van der Waals surface area contributed by atoms with Crippen LogP contribution in [0.3, 0.4) is 0 Å². The van der Waals surface area contributed by atoms with Gasteiger partial charge < -0.3 is 15.8 Å². The van der Waals surface area contributed by atoms with Gasteiger partial charge in [0.15, 0.2) is 6.61 Å². The standard InChI is InChI=1S/C21H19N3O5S/c1-13-5-7-15(8-6-13)23-19(26)12-29-16-4-2-3-14(9-16)10-17-20(27)24(11-18(22)25)21(28)30-17/h2-10H,11-12H2,1H3,(H2,22,25)(H,23,26)/b17-10-. The highest BCUT2D eigenvalue weighted by atomic mass is 32.2. The second kappa shape index (κ2) is 9.27. The Labute approximate surface area is 177 Å². The molecular weight excluding hydrogens is 406 g/mol. The summed E-state index contributed by atoms with van der Waals surface area (Å²) >= 11 is 0.731. The van der Waals surface area contributed by atoms with Gasteiger partial charge in [-0.15, -0.1) is 0 Å². The Morgan fingerprint density at radius 3 is 2.60 bits per heavy atom. The van der Waals surface area contributed by atoms with Crippen molar-refractivity contribution < 1.29 is 23.9 Å². The number of primary amides is 1. The van der Waals surface area contributed by atoms with E-state index in [4.69, 9.17) is 10.5 Å². The van der Waals surface area contributed by atoms with Crippen LogP contribution in [0.15, 0.2) is 53.4 Å². The summed E-state index contributed by atoms with van der Waals surface area (Å²) in [5, 5.41) is 2.19. The molecule has 4 amide bonds. The normalized spacial score (nSPS) is 14.8.